The molecule has 70 valence electrons. The van der Waals surface area contributed by atoms with Crippen molar-refractivity contribution < 1.29 is 9.59 Å². The first kappa shape index (κ1) is 11.3. The van der Waals surface area contributed by atoms with Crippen LogP contribution in [0, 0.1) is 17.8 Å². The molecule has 0 spiro atoms. The van der Waals surface area contributed by atoms with Gasteiger partial charge in [0.15, 0.2) is 0 Å². The molecular weight excluding hydrogens is 152 g/mol. The molecule has 0 rings (SSSR count). The van der Waals surface area contributed by atoms with E-state index in [9.17, 15) is 9.59 Å². The second-order valence-corrected chi connectivity index (χ2v) is 3.60. The molecule has 2 heteroatoms. The van der Waals surface area contributed by atoms with Gasteiger partial charge in [-0.25, -0.2) is 0 Å². The van der Waals surface area contributed by atoms with Crippen LogP contribution < -0.4 is 0 Å². The van der Waals surface area contributed by atoms with Crippen LogP contribution in [0.5, 0.6) is 0 Å². The highest BCUT2D eigenvalue weighted by Gasteiger charge is 2.24. The van der Waals surface area contributed by atoms with E-state index in [4.69, 9.17) is 0 Å². The third-order valence-corrected chi connectivity index (χ3v) is 2.30. The van der Waals surface area contributed by atoms with Crippen molar-refractivity contribution in [1.29, 1.82) is 0 Å². The topological polar surface area (TPSA) is 34.1 Å². The second kappa shape index (κ2) is 5.07. The predicted octanol–water partition coefficient (Wildman–Crippen LogP) is 2.07. The van der Waals surface area contributed by atoms with Crippen LogP contribution in [0.25, 0.3) is 0 Å². The largest absolute Gasteiger partial charge is 0.303 e. The van der Waals surface area contributed by atoms with Gasteiger partial charge in [-0.05, 0) is 5.92 Å². The SMILES string of the molecule is CCC(C)C(C=O)C(=O)C(C)C. The number of hydrogen-bond donors (Lipinski definition) is 0. The van der Waals surface area contributed by atoms with E-state index in [1.807, 2.05) is 27.7 Å². The summed E-state index contributed by atoms with van der Waals surface area (Å²) < 4.78 is 0. The van der Waals surface area contributed by atoms with Gasteiger partial charge in [-0.3, -0.25) is 4.79 Å². The zero-order valence-electron chi connectivity index (χ0n) is 8.33. The lowest BCUT2D eigenvalue weighted by Crippen LogP contribution is -2.26. The molecular formula is C10H18O2. The summed E-state index contributed by atoms with van der Waals surface area (Å²) in [4.78, 5) is 22.1. The summed E-state index contributed by atoms with van der Waals surface area (Å²) in [6.45, 7) is 7.61. The van der Waals surface area contributed by atoms with Crippen LogP contribution in [0.1, 0.15) is 34.1 Å². The van der Waals surface area contributed by atoms with Crippen molar-refractivity contribution in [3.8, 4) is 0 Å². The van der Waals surface area contributed by atoms with E-state index in [0.29, 0.717) is 0 Å². The summed E-state index contributed by atoms with van der Waals surface area (Å²) in [6, 6.07) is 0. The maximum atomic E-state index is 11.4. The smallest absolute Gasteiger partial charge is 0.145 e. The molecule has 0 N–H and O–H groups in total. The molecule has 2 atom stereocenters. The fourth-order valence-electron chi connectivity index (χ4n) is 1.12. The first-order valence-electron chi connectivity index (χ1n) is 4.53. The number of hydrogen-bond acceptors (Lipinski definition) is 2. The Hall–Kier alpha value is -0.660. The van der Waals surface area contributed by atoms with Crippen LogP contribution in [-0.2, 0) is 9.59 Å². The molecule has 0 saturated carbocycles. The first-order chi connectivity index (χ1) is 5.54. The van der Waals surface area contributed by atoms with Gasteiger partial charge in [-0.1, -0.05) is 34.1 Å². The van der Waals surface area contributed by atoms with Crippen LogP contribution in [0.15, 0.2) is 0 Å². The highest BCUT2D eigenvalue weighted by atomic mass is 16.1. The van der Waals surface area contributed by atoms with Crippen molar-refractivity contribution in [2.24, 2.45) is 17.8 Å². The molecule has 0 bridgehead atoms. The molecule has 2 unspecified atom stereocenters. The highest BCUT2D eigenvalue weighted by Crippen LogP contribution is 2.17. The molecule has 0 aliphatic heterocycles. The molecule has 0 aromatic heterocycles. The van der Waals surface area contributed by atoms with Crippen molar-refractivity contribution in [1.82, 2.24) is 0 Å². The summed E-state index contributed by atoms with van der Waals surface area (Å²) in [5.41, 5.74) is 0. The molecule has 2 nitrogen and oxygen atoms in total. The van der Waals surface area contributed by atoms with Crippen molar-refractivity contribution in [3.05, 3.63) is 0 Å². The lowest BCUT2D eigenvalue weighted by molar-refractivity contribution is -0.131. The van der Waals surface area contributed by atoms with Gasteiger partial charge in [0.1, 0.15) is 12.1 Å². The van der Waals surface area contributed by atoms with Gasteiger partial charge >= 0.3 is 0 Å². The zero-order valence-corrected chi connectivity index (χ0v) is 8.33. The molecule has 0 aliphatic rings. The number of carbonyl (C=O) groups excluding carboxylic acids is 2. The zero-order chi connectivity index (χ0) is 9.72. The Morgan fingerprint density at radius 2 is 1.83 bits per heavy atom. The number of rotatable bonds is 5. The van der Waals surface area contributed by atoms with E-state index in [0.717, 1.165) is 12.7 Å². The van der Waals surface area contributed by atoms with Gasteiger partial charge in [0.05, 0.1) is 5.92 Å². The Labute approximate surface area is 74.3 Å². The van der Waals surface area contributed by atoms with Crippen LogP contribution in [0.4, 0.5) is 0 Å². The van der Waals surface area contributed by atoms with Crippen molar-refractivity contribution in [2.45, 2.75) is 34.1 Å². The monoisotopic (exact) mass is 170 g/mol. The summed E-state index contributed by atoms with van der Waals surface area (Å²) in [5, 5.41) is 0. The average Bonchev–Trinajstić information content (AvgIpc) is 2.05. The van der Waals surface area contributed by atoms with Crippen LogP contribution >= 0.6 is 0 Å². The number of Topliss-reactive ketones (excluding diaryl/α,β-unsaturated/α-hetero) is 1. The van der Waals surface area contributed by atoms with Crippen molar-refractivity contribution in [2.75, 3.05) is 0 Å². The van der Waals surface area contributed by atoms with Gasteiger partial charge in [0.25, 0.3) is 0 Å². The highest BCUT2D eigenvalue weighted by molar-refractivity contribution is 5.94. The van der Waals surface area contributed by atoms with Crippen molar-refractivity contribution in [3.63, 3.8) is 0 Å². The Morgan fingerprint density at radius 1 is 1.33 bits per heavy atom. The molecule has 0 amide bonds. The molecule has 12 heavy (non-hydrogen) atoms. The van der Waals surface area contributed by atoms with E-state index in [-0.39, 0.29) is 17.6 Å². The molecule has 0 aromatic rings. The number of aldehydes is 1. The van der Waals surface area contributed by atoms with E-state index in [2.05, 4.69) is 0 Å². The minimum Gasteiger partial charge on any atom is -0.303 e. The molecule has 0 aliphatic carbocycles. The lowest BCUT2D eigenvalue weighted by Gasteiger charge is -2.17. The molecule has 0 saturated heterocycles. The van der Waals surface area contributed by atoms with E-state index >= 15 is 0 Å². The maximum Gasteiger partial charge on any atom is 0.145 e. The van der Waals surface area contributed by atoms with Gasteiger partial charge in [-0.2, -0.15) is 0 Å². The Morgan fingerprint density at radius 3 is 2.08 bits per heavy atom. The Kier molecular flexibility index (Phi) is 4.79. The fraction of sp³-hybridized carbons (Fsp3) is 0.800. The summed E-state index contributed by atoms with van der Waals surface area (Å²) >= 11 is 0. The molecule has 0 aromatic carbocycles. The van der Waals surface area contributed by atoms with Gasteiger partial charge < -0.3 is 4.79 Å². The average molecular weight is 170 g/mol. The Bertz CT molecular complexity index is 161. The first-order valence-corrected chi connectivity index (χ1v) is 4.53. The standard InChI is InChI=1S/C10H18O2/c1-5-8(4)9(6-11)10(12)7(2)3/h6-9H,5H2,1-4H3. The molecule has 0 heterocycles. The summed E-state index contributed by atoms with van der Waals surface area (Å²) in [5.74, 6) is -0.180. The van der Waals surface area contributed by atoms with Crippen molar-refractivity contribution >= 4 is 12.1 Å². The van der Waals surface area contributed by atoms with Crippen LogP contribution in [0.2, 0.25) is 0 Å². The van der Waals surface area contributed by atoms with E-state index in [1.54, 1.807) is 0 Å². The predicted molar refractivity (Wildman–Crippen MR) is 48.9 cm³/mol. The van der Waals surface area contributed by atoms with E-state index < -0.39 is 5.92 Å². The Balaban J connectivity index is 4.34. The fourth-order valence-corrected chi connectivity index (χ4v) is 1.12. The summed E-state index contributed by atoms with van der Waals surface area (Å²) in [7, 11) is 0. The molecule has 0 radical (unpaired) electrons. The van der Waals surface area contributed by atoms with Gasteiger partial charge in [0.2, 0.25) is 0 Å². The van der Waals surface area contributed by atoms with Gasteiger partial charge in [0, 0.05) is 5.92 Å². The van der Waals surface area contributed by atoms with Crippen LogP contribution in [0.3, 0.4) is 0 Å². The maximum absolute atomic E-state index is 11.4. The van der Waals surface area contributed by atoms with Gasteiger partial charge in [-0.15, -0.1) is 0 Å². The minimum atomic E-state index is -0.394. The minimum absolute atomic E-state index is 0.0331. The second-order valence-electron chi connectivity index (χ2n) is 3.60. The third-order valence-electron chi connectivity index (χ3n) is 2.30. The van der Waals surface area contributed by atoms with E-state index in [1.165, 1.54) is 0 Å². The quantitative estimate of drug-likeness (QED) is 0.467. The van der Waals surface area contributed by atoms with Crippen LogP contribution in [-0.4, -0.2) is 12.1 Å². The summed E-state index contributed by atoms with van der Waals surface area (Å²) in [6.07, 6.45) is 1.67. The third kappa shape index (κ3) is 2.76. The molecule has 0 fully saturated rings. The number of carbonyl (C=O) groups is 2. The normalized spacial score (nSPS) is 15.8. The number of ketones is 1. The lowest BCUT2D eigenvalue weighted by atomic mass is 9.85.